The summed E-state index contributed by atoms with van der Waals surface area (Å²) in [6.45, 7) is -1.44. The largest absolute Gasteiger partial charge is 0.416 e. The Balaban J connectivity index is 1.44. The van der Waals surface area contributed by atoms with Gasteiger partial charge in [-0.05, 0) is 48.5 Å². The zero-order chi connectivity index (χ0) is 30.0. The molecule has 0 saturated carbocycles. The summed E-state index contributed by atoms with van der Waals surface area (Å²) >= 11 is 5.91. The van der Waals surface area contributed by atoms with Gasteiger partial charge >= 0.3 is 11.9 Å². The zero-order valence-electron chi connectivity index (χ0n) is 21.2. The number of benzene rings is 2. The van der Waals surface area contributed by atoms with E-state index in [4.69, 9.17) is 11.6 Å². The Morgan fingerprint density at radius 1 is 1.02 bits per heavy atom. The van der Waals surface area contributed by atoms with E-state index in [1.165, 1.54) is 59.7 Å². The van der Waals surface area contributed by atoms with Gasteiger partial charge in [0.15, 0.2) is 23.6 Å². The summed E-state index contributed by atoms with van der Waals surface area (Å²) in [4.78, 5) is 34.0. The highest BCUT2D eigenvalue weighted by molar-refractivity contribution is 6.30. The average Bonchev–Trinajstić information content (AvgIpc) is 3.54. The van der Waals surface area contributed by atoms with E-state index in [9.17, 15) is 32.3 Å². The zero-order valence-corrected chi connectivity index (χ0v) is 22.0. The highest BCUT2D eigenvalue weighted by Crippen LogP contribution is 2.24. The van der Waals surface area contributed by atoms with E-state index in [-0.39, 0.29) is 40.8 Å². The molecule has 5 aromatic rings. The van der Waals surface area contributed by atoms with E-state index < -0.39 is 36.2 Å². The van der Waals surface area contributed by atoms with Crippen molar-refractivity contribution in [3.8, 4) is 17.1 Å². The van der Waals surface area contributed by atoms with Gasteiger partial charge in [0.1, 0.15) is 24.4 Å². The second-order valence-electron chi connectivity index (χ2n) is 8.85. The molecule has 0 aliphatic rings. The van der Waals surface area contributed by atoms with Crippen molar-refractivity contribution in [2.75, 3.05) is 5.32 Å². The number of aliphatic hydroxyl groups is 1. The molecule has 1 amide bonds. The SMILES string of the molecule is O=C(Nc1ncccc1-n1cnc(Cn2nc(-c3ccc(Cl)cc3)n(C[C@H](O)C(F)(F)F)c2=O)n1)c1ccccc1F. The molecule has 11 nitrogen and oxygen atoms in total. The van der Waals surface area contributed by atoms with Gasteiger partial charge in [0, 0.05) is 16.8 Å². The Hall–Kier alpha value is -4.89. The summed E-state index contributed by atoms with van der Waals surface area (Å²) in [6.07, 6.45) is -5.12. The van der Waals surface area contributed by atoms with Gasteiger partial charge in [-0.3, -0.25) is 9.36 Å². The summed E-state index contributed by atoms with van der Waals surface area (Å²) in [5, 5.41) is 21.0. The number of amides is 1. The van der Waals surface area contributed by atoms with E-state index in [0.717, 1.165) is 10.7 Å². The molecule has 0 aliphatic carbocycles. The van der Waals surface area contributed by atoms with Crippen molar-refractivity contribution < 1.29 is 27.5 Å². The molecule has 1 atom stereocenters. The van der Waals surface area contributed by atoms with Crippen LogP contribution in [0.2, 0.25) is 5.02 Å². The van der Waals surface area contributed by atoms with Crippen molar-refractivity contribution in [1.82, 2.24) is 34.1 Å². The first-order valence-electron chi connectivity index (χ1n) is 12.1. The summed E-state index contributed by atoms with van der Waals surface area (Å²) in [6, 6.07) is 14.4. The van der Waals surface area contributed by atoms with Crippen LogP contribution in [-0.4, -0.2) is 57.4 Å². The van der Waals surface area contributed by atoms with E-state index in [0.29, 0.717) is 9.59 Å². The number of carbonyl (C=O) groups is 1. The lowest BCUT2D eigenvalue weighted by atomic mass is 10.2. The number of aliphatic hydroxyl groups excluding tert-OH is 1. The predicted molar refractivity (Wildman–Crippen MR) is 142 cm³/mol. The second-order valence-corrected chi connectivity index (χ2v) is 9.29. The second kappa shape index (κ2) is 11.5. The maximum absolute atomic E-state index is 14.1. The first-order chi connectivity index (χ1) is 20.0. The van der Waals surface area contributed by atoms with Crippen LogP contribution in [0.5, 0.6) is 0 Å². The number of rotatable bonds is 8. The Kier molecular flexibility index (Phi) is 7.87. The molecule has 2 N–H and O–H groups in total. The minimum Gasteiger partial charge on any atom is -0.382 e. The van der Waals surface area contributed by atoms with Gasteiger partial charge in [0.05, 0.1) is 12.1 Å². The van der Waals surface area contributed by atoms with Crippen LogP contribution in [0.25, 0.3) is 17.1 Å². The molecule has 0 bridgehead atoms. The lowest BCUT2D eigenvalue weighted by molar-refractivity contribution is -0.207. The molecule has 216 valence electrons. The smallest absolute Gasteiger partial charge is 0.382 e. The number of nitrogens with one attached hydrogen (secondary N) is 1. The van der Waals surface area contributed by atoms with Crippen molar-refractivity contribution in [1.29, 1.82) is 0 Å². The maximum atomic E-state index is 14.1. The van der Waals surface area contributed by atoms with Gasteiger partial charge in [-0.15, -0.1) is 10.2 Å². The number of alkyl halides is 3. The van der Waals surface area contributed by atoms with E-state index in [1.54, 1.807) is 12.1 Å². The van der Waals surface area contributed by atoms with Crippen molar-refractivity contribution in [3.63, 3.8) is 0 Å². The van der Waals surface area contributed by atoms with Crippen LogP contribution in [-0.2, 0) is 13.1 Å². The van der Waals surface area contributed by atoms with Crippen molar-refractivity contribution in [2.24, 2.45) is 0 Å². The number of anilines is 1. The fraction of sp³-hybridized carbons (Fsp3) is 0.154. The number of halogens is 5. The summed E-state index contributed by atoms with van der Waals surface area (Å²) in [5.41, 5.74) is -0.600. The molecule has 0 aliphatic heterocycles. The molecule has 0 spiro atoms. The number of carbonyl (C=O) groups excluding carboxylic acids is 1. The molecular formula is C26H19ClF4N8O3. The monoisotopic (exact) mass is 602 g/mol. The molecule has 0 fully saturated rings. The quantitative estimate of drug-likeness (QED) is 0.259. The van der Waals surface area contributed by atoms with Crippen LogP contribution in [0.1, 0.15) is 16.2 Å². The number of hydrogen-bond acceptors (Lipinski definition) is 7. The highest BCUT2D eigenvalue weighted by atomic mass is 35.5. The van der Waals surface area contributed by atoms with Crippen molar-refractivity contribution in [3.05, 3.63) is 106 Å². The minimum absolute atomic E-state index is 0.0369. The van der Waals surface area contributed by atoms with Gasteiger partial charge in [-0.2, -0.15) is 13.2 Å². The number of nitrogens with zero attached hydrogens (tertiary/aromatic N) is 7. The summed E-state index contributed by atoms with van der Waals surface area (Å²) in [7, 11) is 0. The molecule has 3 aromatic heterocycles. The van der Waals surface area contributed by atoms with Gasteiger partial charge in [0.25, 0.3) is 5.91 Å². The molecule has 0 radical (unpaired) electrons. The normalized spacial score (nSPS) is 12.3. The van der Waals surface area contributed by atoms with Crippen LogP contribution < -0.4 is 11.0 Å². The number of hydrogen-bond donors (Lipinski definition) is 2. The Morgan fingerprint density at radius 3 is 2.48 bits per heavy atom. The molecule has 42 heavy (non-hydrogen) atoms. The topological polar surface area (TPSA) is 133 Å². The third-order valence-corrected chi connectivity index (χ3v) is 6.22. The fourth-order valence-electron chi connectivity index (χ4n) is 3.92. The van der Waals surface area contributed by atoms with Gasteiger partial charge in [0.2, 0.25) is 0 Å². The van der Waals surface area contributed by atoms with Crippen LogP contribution in [0.3, 0.4) is 0 Å². The lowest BCUT2D eigenvalue weighted by Gasteiger charge is -2.15. The van der Waals surface area contributed by atoms with E-state index >= 15 is 0 Å². The first-order valence-corrected chi connectivity index (χ1v) is 12.5. The molecule has 0 saturated heterocycles. The highest BCUT2D eigenvalue weighted by Gasteiger charge is 2.39. The predicted octanol–water partition coefficient (Wildman–Crippen LogP) is 3.70. The average molecular weight is 603 g/mol. The fourth-order valence-corrected chi connectivity index (χ4v) is 4.04. The van der Waals surface area contributed by atoms with Gasteiger partial charge in [-0.25, -0.2) is 28.5 Å². The summed E-state index contributed by atoms with van der Waals surface area (Å²) in [5.74, 6) is -1.53. The molecule has 2 aromatic carbocycles. The number of pyridine rings is 1. The van der Waals surface area contributed by atoms with Crippen LogP contribution in [0, 0.1) is 5.82 Å². The lowest BCUT2D eigenvalue weighted by Crippen LogP contribution is -2.37. The van der Waals surface area contributed by atoms with E-state index in [1.807, 2.05) is 0 Å². The van der Waals surface area contributed by atoms with Crippen LogP contribution in [0.15, 0.2) is 78.0 Å². The van der Waals surface area contributed by atoms with Gasteiger partial charge < -0.3 is 10.4 Å². The van der Waals surface area contributed by atoms with E-state index in [2.05, 4.69) is 25.5 Å². The number of aromatic nitrogens is 7. The van der Waals surface area contributed by atoms with Crippen LogP contribution >= 0.6 is 11.6 Å². The van der Waals surface area contributed by atoms with Crippen molar-refractivity contribution in [2.45, 2.75) is 25.4 Å². The minimum atomic E-state index is -4.97. The first kappa shape index (κ1) is 28.6. The van der Waals surface area contributed by atoms with Crippen LogP contribution in [0.4, 0.5) is 23.4 Å². The molecule has 0 unspecified atom stereocenters. The Morgan fingerprint density at radius 2 is 1.76 bits per heavy atom. The molecule has 16 heteroatoms. The standard InChI is InChI=1S/C26H19ClF4N8O3/c27-16-9-7-15(8-10-16)23-36-38(25(42)37(23)12-20(40)26(29,30)31)13-21-33-14-39(35-21)19-6-3-11-32-22(19)34-24(41)17-4-1-2-5-18(17)28/h1-11,14,20,40H,12-13H2,(H,32,34,41)/t20-/m0/s1. The molecule has 5 rings (SSSR count). The molecule has 3 heterocycles. The third-order valence-electron chi connectivity index (χ3n) is 5.97. The molecular weight excluding hydrogens is 584 g/mol. The van der Waals surface area contributed by atoms with Gasteiger partial charge in [-0.1, -0.05) is 23.7 Å². The Labute approximate surface area is 238 Å². The maximum Gasteiger partial charge on any atom is 0.416 e. The Bertz CT molecular complexity index is 1800. The summed E-state index contributed by atoms with van der Waals surface area (Å²) < 4.78 is 56.2. The van der Waals surface area contributed by atoms with Crippen molar-refractivity contribution >= 4 is 23.3 Å². The third kappa shape index (κ3) is 6.06.